The average molecular weight is 493 g/mol. The van der Waals surface area contributed by atoms with Crippen LogP contribution < -0.4 is 10.1 Å². The molecule has 6 heteroatoms. The van der Waals surface area contributed by atoms with Gasteiger partial charge in [-0.05, 0) is 54.4 Å². The predicted octanol–water partition coefficient (Wildman–Crippen LogP) is 5.81. The van der Waals surface area contributed by atoms with Crippen molar-refractivity contribution in [1.29, 1.82) is 0 Å². The number of nitrogens with one attached hydrogen (secondary N) is 1. The van der Waals surface area contributed by atoms with Crippen molar-refractivity contribution in [2.24, 2.45) is 0 Å². The molecule has 0 spiro atoms. The quantitative estimate of drug-likeness (QED) is 0.441. The van der Waals surface area contributed by atoms with Crippen molar-refractivity contribution < 1.29 is 14.3 Å². The van der Waals surface area contributed by atoms with E-state index in [1.165, 1.54) is 0 Å². The number of fused-ring (bicyclic) bond motifs is 1. The molecule has 1 atom stereocenters. The topological polar surface area (TPSA) is 58.6 Å². The van der Waals surface area contributed by atoms with Gasteiger partial charge in [-0.1, -0.05) is 59.6 Å². The maximum absolute atomic E-state index is 13.6. The molecule has 0 saturated heterocycles. The largest absolute Gasteiger partial charge is 0.494 e. The van der Waals surface area contributed by atoms with Gasteiger partial charge in [-0.2, -0.15) is 0 Å². The van der Waals surface area contributed by atoms with Crippen LogP contribution in [0.15, 0.2) is 77.3 Å². The van der Waals surface area contributed by atoms with Gasteiger partial charge in [-0.3, -0.25) is 9.59 Å². The second-order valence-corrected chi connectivity index (χ2v) is 8.67. The second-order valence-electron chi connectivity index (χ2n) is 7.75. The first-order valence-corrected chi connectivity index (χ1v) is 11.5. The van der Waals surface area contributed by atoms with Crippen LogP contribution in [0, 0.1) is 0 Å². The fraction of sp³-hybridized carbons (Fsp3) is 0.231. The number of nitrogens with zero attached hydrogens (tertiary/aromatic N) is 1. The summed E-state index contributed by atoms with van der Waals surface area (Å²) in [5.74, 6) is 0.305. The molecule has 32 heavy (non-hydrogen) atoms. The fourth-order valence-electron chi connectivity index (χ4n) is 3.86. The molecule has 1 unspecified atom stereocenters. The Labute approximate surface area is 196 Å². The number of rotatable bonds is 6. The zero-order valence-corrected chi connectivity index (χ0v) is 19.5. The Balaban J connectivity index is 1.72. The van der Waals surface area contributed by atoms with Gasteiger partial charge in [-0.25, -0.2) is 0 Å². The third kappa shape index (κ3) is 4.86. The Bertz CT molecular complexity index is 1100. The number of carbonyl (C=O) groups is 2. The van der Waals surface area contributed by atoms with Crippen LogP contribution in [-0.2, 0) is 4.79 Å². The van der Waals surface area contributed by atoms with Crippen LogP contribution in [-0.4, -0.2) is 29.9 Å². The third-order valence-electron chi connectivity index (χ3n) is 5.45. The van der Waals surface area contributed by atoms with E-state index in [4.69, 9.17) is 4.74 Å². The van der Waals surface area contributed by atoms with E-state index in [2.05, 4.69) is 28.2 Å². The molecule has 164 valence electrons. The molecule has 1 N–H and O–H groups in total. The lowest BCUT2D eigenvalue weighted by molar-refractivity contribution is -0.117. The Kier molecular flexibility index (Phi) is 6.90. The van der Waals surface area contributed by atoms with E-state index in [9.17, 15) is 9.59 Å². The van der Waals surface area contributed by atoms with Gasteiger partial charge >= 0.3 is 0 Å². The van der Waals surface area contributed by atoms with Gasteiger partial charge in [0.1, 0.15) is 12.3 Å². The molecule has 2 amide bonds. The first-order valence-electron chi connectivity index (χ1n) is 10.7. The van der Waals surface area contributed by atoms with Crippen molar-refractivity contribution >= 4 is 33.4 Å². The molecular formula is C26H25BrN2O3. The minimum absolute atomic E-state index is 0.0422. The summed E-state index contributed by atoms with van der Waals surface area (Å²) in [7, 11) is 0. The highest BCUT2D eigenvalue weighted by Gasteiger charge is 2.34. The first kappa shape index (κ1) is 22.1. The minimum Gasteiger partial charge on any atom is -0.494 e. The van der Waals surface area contributed by atoms with E-state index in [1.54, 1.807) is 17.0 Å². The molecule has 3 aromatic carbocycles. The molecule has 0 aromatic heterocycles. The number of amides is 2. The molecule has 1 aliphatic rings. The Morgan fingerprint density at radius 1 is 1.09 bits per heavy atom. The number of hydrogen-bond acceptors (Lipinski definition) is 3. The summed E-state index contributed by atoms with van der Waals surface area (Å²) in [5.41, 5.74) is 3.03. The summed E-state index contributed by atoms with van der Waals surface area (Å²) in [6, 6.07) is 22.2. The van der Waals surface area contributed by atoms with Gasteiger partial charge in [-0.15, -0.1) is 0 Å². The Hall–Kier alpha value is -3.12. The molecule has 0 radical (unpaired) electrons. The maximum Gasteiger partial charge on any atom is 0.255 e. The van der Waals surface area contributed by atoms with E-state index in [0.29, 0.717) is 17.9 Å². The van der Waals surface area contributed by atoms with E-state index >= 15 is 0 Å². The molecule has 0 fully saturated rings. The maximum atomic E-state index is 13.6. The van der Waals surface area contributed by atoms with E-state index in [-0.39, 0.29) is 18.4 Å². The number of unbranched alkanes of at least 4 members (excludes halogenated alkanes) is 1. The molecule has 1 heterocycles. The summed E-state index contributed by atoms with van der Waals surface area (Å²) in [6.45, 7) is 2.72. The average Bonchev–Trinajstić information content (AvgIpc) is 2.95. The van der Waals surface area contributed by atoms with Crippen LogP contribution in [0.25, 0.3) is 0 Å². The molecule has 0 aliphatic carbocycles. The lowest BCUT2D eigenvalue weighted by Gasteiger charge is -2.30. The SMILES string of the molecule is CCCCOc1ccc(C(=O)N2CC(=O)Nc3ccc(Br)cc3C2c2ccccc2)cc1. The number of anilines is 1. The highest BCUT2D eigenvalue weighted by atomic mass is 79.9. The van der Waals surface area contributed by atoms with Crippen LogP contribution in [0.5, 0.6) is 5.75 Å². The van der Waals surface area contributed by atoms with Gasteiger partial charge < -0.3 is 15.0 Å². The zero-order chi connectivity index (χ0) is 22.5. The van der Waals surface area contributed by atoms with Crippen molar-refractivity contribution in [2.45, 2.75) is 25.8 Å². The number of carbonyl (C=O) groups excluding carboxylic acids is 2. The van der Waals surface area contributed by atoms with Gasteiger partial charge in [0.15, 0.2) is 0 Å². The van der Waals surface area contributed by atoms with Crippen molar-refractivity contribution in [3.63, 3.8) is 0 Å². The van der Waals surface area contributed by atoms with Gasteiger partial charge in [0, 0.05) is 21.3 Å². The summed E-state index contributed by atoms with van der Waals surface area (Å²) in [4.78, 5) is 28.0. The number of hydrogen-bond donors (Lipinski definition) is 1. The minimum atomic E-state index is -0.407. The lowest BCUT2D eigenvalue weighted by atomic mass is 9.95. The normalized spacial score (nSPS) is 15.5. The molecule has 4 rings (SSSR count). The Morgan fingerprint density at radius 3 is 2.56 bits per heavy atom. The van der Waals surface area contributed by atoms with Gasteiger partial charge in [0.25, 0.3) is 5.91 Å². The molecule has 3 aromatic rings. The van der Waals surface area contributed by atoms with Crippen LogP contribution >= 0.6 is 15.9 Å². The summed E-state index contributed by atoms with van der Waals surface area (Å²) in [5, 5.41) is 2.95. The van der Waals surface area contributed by atoms with Gasteiger partial charge in [0.05, 0.1) is 12.6 Å². The van der Waals surface area contributed by atoms with E-state index in [0.717, 1.165) is 34.2 Å². The summed E-state index contributed by atoms with van der Waals surface area (Å²) < 4.78 is 6.60. The molecular weight excluding hydrogens is 468 g/mol. The number of ether oxygens (including phenoxy) is 1. The van der Waals surface area contributed by atoms with Crippen molar-refractivity contribution in [1.82, 2.24) is 4.90 Å². The fourth-order valence-corrected chi connectivity index (χ4v) is 4.23. The predicted molar refractivity (Wildman–Crippen MR) is 129 cm³/mol. The second kappa shape index (κ2) is 10.0. The lowest BCUT2D eigenvalue weighted by Crippen LogP contribution is -2.39. The molecule has 0 bridgehead atoms. The smallest absolute Gasteiger partial charge is 0.255 e. The molecule has 5 nitrogen and oxygen atoms in total. The molecule has 0 saturated carbocycles. The van der Waals surface area contributed by atoms with E-state index < -0.39 is 6.04 Å². The van der Waals surface area contributed by atoms with Gasteiger partial charge in [0.2, 0.25) is 5.91 Å². The first-order chi connectivity index (χ1) is 15.6. The van der Waals surface area contributed by atoms with Crippen LogP contribution in [0.2, 0.25) is 0 Å². The number of benzene rings is 3. The highest BCUT2D eigenvalue weighted by Crippen LogP contribution is 2.38. The Morgan fingerprint density at radius 2 is 1.84 bits per heavy atom. The van der Waals surface area contributed by atoms with Crippen LogP contribution in [0.3, 0.4) is 0 Å². The standard InChI is InChI=1S/C26H25BrN2O3/c1-2-3-15-32-21-12-9-19(10-13-21)26(31)29-17-24(30)28-23-14-11-20(27)16-22(23)25(29)18-7-5-4-6-8-18/h4-14,16,25H,2-3,15,17H2,1H3,(H,28,30). The van der Waals surface area contributed by atoms with Crippen molar-refractivity contribution in [2.75, 3.05) is 18.5 Å². The third-order valence-corrected chi connectivity index (χ3v) is 5.95. The monoisotopic (exact) mass is 492 g/mol. The van der Waals surface area contributed by atoms with Crippen molar-refractivity contribution in [3.05, 3.63) is 94.0 Å². The summed E-state index contributed by atoms with van der Waals surface area (Å²) >= 11 is 3.54. The molecule has 1 aliphatic heterocycles. The summed E-state index contributed by atoms with van der Waals surface area (Å²) in [6.07, 6.45) is 2.04. The van der Waals surface area contributed by atoms with Crippen LogP contribution in [0.4, 0.5) is 5.69 Å². The number of halogens is 1. The zero-order valence-electron chi connectivity index (χ0n) is 17.9. The van der Waals surface area contributed by atoms with Crippen molar-refractivity contribution in [3.8, 4) is 5.75 Å². The van der Waals surface area contributed by atoms with E-state index in [1.807, 2.05) is 60.7 Å². The van der Waals surface area contributed by atoms with Crippen LogP contribution in [0.1, 0.15) is 47.3 Å². The highest BCUT2D eigenvalue weighted by molar-refractivity contribution is 9.10.